The number of hydrogen-bond acceptors (Lipinski definition) is 3. The minimum atomic E-state index is -0.135. The first kappa shape index (κ1) is 18.2. The maximum Gasteiger partial charge on any atom is 0.270 e. The number of aromatic nitrogens is 2. The van der Waals surface area contributed by atoms with Gasteiger partial charge >= 0.3 is 0 Å². The number of hydrogen-bond donors (Lipinski definition) is 1. The van der Waals surface area contributed by atoms with Crippen molar-refractivity contribution in [3.8, 4) is 16.8 Å². The number of amides is 1. The van der Waals surface area contributed by atoms with E-state index in [1.54, 1.807) is 23.9 Å². The Hall–Kier alpha value is -3.18. The van der Waals surface area contributed by atoms with Crippen molar-refractivity contribution in [1.29, 1.82) is 0 Å². The van der Waals surface area contributed by atoms with Crippen LogP contribution in [-0.2, 0) is 6.54 Å². The number of carbonyl (C=O) groups is 1. The lowest BCUT2D eigenvalue weighted by Gasteiger charge is -2.10. The maximum absolute atomic E-state index is 12.6. The van der Waals surface area contributed by atoms with Gasteiger partial charge < -0.3 is 5.32 Å². The van der Waals surface area contributed by atoms with Gasteiger partial charge in [0.1, 0.15) is 5.69 Å². The quantitative estimate of drug-likeness (QED) is 0.515. The smallest absolute Gasteiger partial charge is 0.270 e. The summed E-state index contributed by atoms with van der Waals surface area (Å²) < 4.78 is 1.81. The fourth-order valence-electron chi connectivity index (χ4n) is 3.30. The SMILES string of the molecule is Cc1cc(C)cc(-c2ccc(-n3cncc3C(=O)NCc3cccs3)cc2)c1. The second kappa shape index (κ2) is 7.82. The van der Waals surface area contributed by atoms with Gasteiger partial charge in [-0.3, -0.25) is 9.36 Å². The molecule has 0 atom stereocenters. The summed E-state index contributed by atoms with van der Waals surface area (Å²) in [7, 11) is 0. The molecule has 1 N–H and O–H groups in total. The molecule has 2 heterocycles. The second-order valence-electron chi connectivity index (χ2n) is 6.83. The van der Waals surface area contributed by atoms with E-state index in [4.69, 9.17) is 0 Å². The van der Waals surface area contributed by atoms with E-state index in [-0.39, 0.29) is 5.91 Å². The zero-order valence-corrected chi connectivity index (χ0v) is 16.7. The minimum absolute atomic E-state index is 0.135. The molecule has 1 amide bonds. The first-order valence-corrected chi connectivity index (χ1v) is 10.00. The molecule has 0 unspecified atom stereocenters. The number of carbonyl (C=O) groups excluding carboxylic acids is 1. The fraction of sp³-hybridized carbons (Fsp3) is 0.130. The number of nitrogens with one attached hydrogen (secondary N) is 1. The molecule has 0 bridgehead atoms. The summed E-state index contributed by atoms with van der Waals surface area (Å²) in [6.45, 7) is 4.74. The van der Waals surface area contributed by atoms with Crippen LogP contribution in [0.3, 0.4) is 0 Å². The molecule has 0 saturated carbocycles. The maximum atomic E-state index is 12.6. The third kappa shape index (κ3) is 3.89. The average molecular weight is 388 g/mol. The molecule has 0 aliphatic rings. The molecule has 0 saturated heterocycles. The predicted molar refractivity (Wildman–Crippen MR) is 114 cm³/mol. The van der Waals surface area contributed by atoms with Crippen molar-refractivity contribution in [2.45, 2.75) is 20.4 Å². The van der Waals surface area contributed by atoms with E-state index >= 15 is 0 Å². The third-order valence-corrected chi connectivity index (χ3v) is 5.45. The second-order valence-corrected chi connectivity index (χ2v) is 7.87. The van der Waals surface area contributed by atoms with Crippen molar-refractivity contribution < 1.29 is 4.79 Å². The zero-order valence-electron chi connectivity index (χ0n) is 15.8. The lowest BCUT2D eigenvalue weighted by molar-refractivity contribution is 0.0944. The molecule has 0 radical (unpaired) electrons. The van der Waals surface area contributed by atoms with Crippen LogP contribution in [0, 0.1) is 13.8 Å². The zero-order chi connectivity index (χ0) is 19.5. The highest BCUT2D eigenvalue weighted by atomic mass is 32.1. The standard InChI is InChI=1S/C23H21N3OS/c1-16-10-17(2)12-19(11-16)18-5-7-20(8-6-18)26-15-24-14-22(26)23(27)25-13-21-4-3-9-28-21/h3-12,14-15H,13H2,1-2H3,(H,25,27). The number of rotatable bonds is 5. The van der Waals surface area contributed by atoms with Gasteiger partial charge in [-0.1, -0.05) is 47.5 Å². The Balaban J connectivity index is 1.55. The topological polar surface area (TPSA) is 46.9 Å². The molecule has 140 valence electrons. The van der Waals surface area contributed by atoms with E-state index in [9.17, 15) is 4.79 Å². The van der Waals surface area contributed by atoms with Crippen molar-refractivity contribution in [2.24, 2.45) is 0 Å². The van der Waals surface area contributed by atoms with E-state index < -0.39 is 0 Å². The van der Waals surface area contributed by atoms with Gasteiger partial charge in [-0.2, -0.15) is 0 Å². The lowest BCUT2D eigenvalue weighted by atomic mass is 10.0. The van der Waals surface area contributed by atoms with E-state index in [0.29, 0.717) is 12.2 Å². The first-order chi connectivity index (χ1) is 13.6. The summed E-state index contributed by atoms with van der Waals surface area (Å²) in [6.07, 6.45) is 3.27. The molecule has 5 heteroatoms. The Morgan fingerprint density at radius 3 is 2.46 bits per heavy atom. The molecule has 2 aromatic carbocycles. The highest BCUT2D eigenvalue weighted by molar-refractivity contribution is 7.09. The van der Waals surface area contributed by atoms with Crippen LogP contribution < -0.4 is 5.32 Å². The summed E-state index contributed by atoms with van der Waals surface area (Å²) in [5.74, 6) is -0.135. The summed E-state index contributed by atoms with van der Waals surface area (Å²) in [4.78, 5) is 17.9. The minimum Gasteiger partial charge on any atom is -0.346 e. The Morgan fingerprint density at radius 2 is 1.79 bits per heavy atom. The summed E-state index contributed by atoms with van der Waals surface area (Å²) in [5, 5.41) is 4.96. The number of benzene rings is 2. The monoisotopic (exact) mass is 387 g/mol. The van der Waals surface area contributed by atoms with Gasteiger partial charge in [0.15, 0.2) is 0 Å². The summed E-state index contributed by atoms with van der Waals surface area (Å²) in [6, 6.07) is 18.7. The van der Waals surface area contributed by atoms with Gasteiger partial charge in [-0.15, -0.1) is 11.3 Å². The van der Waals surface area contributed by atoms with Crippen LogP contribution in [0.5, 0.6) is 0 Å². The van der Waals surface area contributed by atoms with Gasteiger partial charge in [0.25, 0.3) is 5.91 Å². The molecular formula is C23H21N3OS. The fourth-order valence-corrected chi connectivity index (χ4v) is 3.94. The van der Waals surface area contributed by atoms with Gasteiger partial charge in [0.05, 0.1) is 19.1 Å². The van der Waals surface area contributed by atoms with E-state index in [2.05, 4.69) is 54.5 Å². The molecule has 0 aliphatic heterocycles. The molecule has 4 rings (SSSR count). The van der Waals surface area contributed by atoms with Crippen LogP contribution in [0.15, 0.2) is 72.5 Å². The highest BCUT2D eigenvalue weighted by Crippen LogP contribution is 2.24. The lowest BCUT2D eigenvalue weighted by Crippen LogP contribution is -2.24. The van der Waals surface area contributed by atoms with Crippen LogP contribution in [-0.4, -0.2) is 15.5 Å². The molecular weight excluding hydrogens is 366 g/mol. The Labute approximate surface area is 168 Å². The van der Waals surface area contributed by atoms with Gasteiger partial charge in [-0.05, 0) is 48.6 Å². The van der Waals surface area contributed by atoms with Gasteiger partial charge in [0.2, 0.25) is 0 Å². The summed E-state index contributed by atoms with van der Waals surface area (Å²) >= 11 is 1.63. The Morgan fingerprint density at radius 1 is 1.04 bits per heavy atom. The van der Waals surface area contributed by atoms with Crippen molar-refractivity contribution in [3.05, 3.63) is 94.2 Å². The Bertz CT molecular complexity index is 1080. The van der Waals surface area contributed by atoms with E-state index in [1.165, 1.54) is 16.7 Å². The van der Waals surface area contributed by atoms with Crippen LogP contribution >= 0.6 is 11.3 Å². The van der Waals surface area contributed by atoms with Crippen molar-refractivity contribution in [3.63, 3.8) is 0 Å². The number of thiophene rings is 1. The van der Waals surface area contributed by atoms with E-state index in [0.717, 1.165) is 16.1 Å². The van der Waals surface area contributed by atoms with E-state index in [1.807, 2.05) is 34.2 Å². The van der Waals surface area contributed by atoms with Crippen LogP contribution in [0.4, 0.5) is 0 Å². The predicted octanol–water partition coefficient (Wildman–Crippen LogP) is 5.15. The normalized spacial score (nSPS) is 10.8. The molecule has 4 nitrogen and oxygen atoms in total. The molecule has 0 spiro atoms. The van der Waals surface area contributed by atoms with Crippen molar-refractivity contribution >= 4 is 17.2 Å². The Kier molecular flexibility index (Phi) is 5.08. The highest BCUT2D eigenvalue weighted by Gasteiger charge is 2.13. The molecule has 28 heavy (non-hydrogen) atoms. The van der Waals surface area contributed by atoms with Gasteiger partial charge in [-0.25, -0.2) is 4.98 Å². The van der Waals surface area contributed by atoms with Crippen LogP contribution in [0.25, 0.3) is 16.8 Å². The average Bonchev–Trinajstić information content (AvgIpc) is 3.37. The largest absolute Gasteiger partial charge is 0.346 e. The number of aryl methyl sites for hydroxylation is 2. The molecule has 4 aromatic rings. The molecule has 2 aromatic heterocycles. The summed E-state index contributed by atoms with van der Waals surface area (Å²) in [5.41, 5.74) is 6.28. The molecule has 0 aliphatic carbocycles. The van der Waals surface area contributed by atoms with Crippen LogP contribution in [0.1, 0.15) is 26.5 Å². The van der Waals surface area contributed by atoms with Crippen LogP contribution in [0.2, 0.25) is 0 Å². The third-order valence-electron chi connectivity index (χ3n) is 4.57. The molecule has 0 fully saturated rings. The number of nitrogens with zero attached hydrogens (tertiary/aromatic N) is 2. The van der Waals surface area contributed by atoms with Crippen molar-refractivity contribution in [1.82, 2.24) is 14.9 Å². The number of imidazole rings is 1. The van der Waals surface area contributed by atoms with Crippen molar-refractivity contribution in [2.75, 3.05) is 0 Å². The first-order valence-electron chi connectivity index (χ1n) is 9.12. The van der Waals surface area contributed by atoms with Gasteiger partial charge in [0, 0.05) is 10.6 Å².